The number of hydrogen-bond donors (Lipinski definition) is 3. The van der Waals surface area contributed by atoms with Gasteiger partial charge in [-0.25, -0.2) is 0 Å². The number of rotatable bonds is 7. The molecule has 2 aromatic rings. The standard InChI is InChI=1S/C15H20N6O3/c1-4-9(2)17-15-19-13(16)12(21(22)23)14(20-15)18-10-5-7-11(24-3)8-6-10/h5-9H,4H2,1-3H3,(H4,16,17,18,19,20)/t9-/m1/s1. The predicted molar refractivity (Wildman–Crippen MR) is 92.8 cm³/mol. The summed E-state index contributed by atoms with van der Waals surface area (Å²) in [5.74, 6) is 0.750. The Balaban J connectivity index is 2.38. The molecular weight excluding hydrogens is 312 g/mol. The molecule has 0 unspecified atom stereocenters. The summed E-state index contributed by atoms with van der Waals surface area (Å²) in [6.07, 6.45) is 0.849. The normalized spacial score (nSPS) is 11.6. The summed E-state index contributed by atoms with van der Waals surface area (Å²) in [5.41, 5.74) is 6.00. The number of anilines is 4. The van der Waals surface area contributed by atoms with Crippen LogP contribution in [0.3, 0.4) is 0 Å². The Morgan fingerprint density at radius 3 is 2.54 bits per heavy atom. The first-order chi connectivity index (χ1) is 11.4. The van der Waals surface area contributed by atoms with Gasteiger partial charge in [-0.3, -0.25) is 10.1 Å². The van der Waals surface area contributed by atoms with Crippen molar-refractivity contribution in [3.8, 4) is 5.75 Å². The van der Waals surface area contributed by atoms with Crippen LogP contribution in [0.2, 0.25) is 0 Å². The summed E-state index contributed by atoms with van der Waals surface area (Å²) in [4.78, 5) is 18.8. The molecule has 1 aromatic carbocycles. The maximum Gasteiger partial charge on any atom is 0.353 e. The molecule has 0 spiro atoms. The molecule has 0 radical (unpaired) electrons. The zero-order valence-electron chi connectivity index (χ0n) is 13.7. The highest BCUT2D eigenvalue weighted by atomic mass is 16.6. The van der Waals surface area contributed by atoms with Gasteiger partial charge < -0.3 is 21.1 Å². The van der Waals surface area contributed by atoms with Gasteiger partial charge in [-0.15, -0.1) is 0 Å². The number of nitrogen functional groups attached to an aromatic ring is 1. The number of nitrogens with zero attached hydrogens (tertiary/aromatic N) is 3. The Kier molecular flexibility index (Phi) is 5.35. The highest BCUT2D eigenvalue weighted by molar-refractivity contribution is 5.74. The highest BCUT2D eigenvalue weighted by Gasteiger charge is 2.23. The molecule has 1 heterocycles. The van der Waals surface area contributed by atoms with Crippen molar-refractivity contribution < 1.29 is 9.66 Å². The minimum atomic E-state index is -0.603. The summed E-state index contributed by atoms with van der Waals surface area (Å²) in [6, 6.07) is 7.03. The van der Waals surface area contributed by atoms with Gasteiger partial charge in [0.15, 0.2) is 0 Å². The monoisotopic (exact) mass is 332 g/mol. The number of aromatic nitrogens is 2. The van der Waals surface area contributed by atoms with Crippen LogP contribution in [-0.2, 0) is 0 Å². The number of nitrogens with one attached hydrogen (secondary N) is 2. The lowest BCUT2D eigenvalue weighted by molar-refractivity contribution is -0.383. The van der Waals surface area contributed by atoms with Gasteiger partial charge in [-0.05, 0) is 37.6 Å². The number of nitro groups is 1. The summed E-state index contributed by atoms with van der Waals surface area (Å²) in [5, 5.41) is 17.3. The largest absolute Gasteiger partial charge is 0.497 e. The van der Waals surface area contributed by atoms with E-state index in [0.717, 1.165) is 6.42 Å². The SMILES string of the molecule is CC[C@@H](C)Nc1nc(N)c([N+](=O)[O-])c(Nc2ccc(OC)cc2)n1. The molecule has 1 atom stereocenters. The molecular formula is C15H20N6O3. The lowest BCUT2D eigenvalue weighted by Crippen LogP contribution is -2.17. The second-order valence-corrected chi connectivity index (χ2v) is 5.19. The van der Waals surface area contributed by atoms with E-state index < -0.39 is 4.92 Å². The molecule has 2 rings (SSSR count). The predicted octanol–water partition coefficient (Wildman–Crippen LogP) is 2.93. The van der Waals surface area contributed by atoms with Crippen LogP contribution in [-0.4, -0.2) is 28.0 Å². The fraction of sp³-hybridized carbons (Fsp3) is 0.333. The Bertz CT molecular complexity index is 720. The van der Waals surface area contributed by atoms with Gasteiger partial charge >= 0.3 is 5.69 Å². The number of hydrogen-bond acceptors (Lipinski definition) is 8. The topological polar surface area (TPSA) is 128 Å². The lowest BCUT2D eigenvalue weighted by atomic mass is 10.3. The van der Waals surface area contributed by atoms with Crippen molar-refractivity contribution in [3.63, 3.8) is 0 Å². The molecule has 9 nitrogen and oxygen atoms in total. The van der Waals surface area contributed by atoms with Crippen molar-refractivity contribution in [1.82, 2.24) is 9.97 Å². The van der Waals surface area contributed by atoms with Gasteiger partial charge in [0.2, 0.25) is 17.6 Å². The molecule has 0 aliphatic heterocycles. The second-order valence-electron chi connectivity index (χ2n) is 5.19. The van der Waals surface area contributed by atoms with Crippen LogP contribution in [0.15, 0.2) is 24.3 Å². The summed E-state index contributed by atoms with van der Waals surface area (Å²) in [7, 11) is 1.56. The van der Waals surface area contributed by atoms with Crippen LogP contribution in [0.25, 0.3) is 0 Å². The van der Waals surface area contributed by atoms with Crippen molar-refractivity contribution in [2.75, 3.05) is 23.5 Å². The summed E-state index contributed by atoms with van der Waals surface area (Å²) in [6.45, 7) is 3.96. The minimum Gasteiger partial charge on any atom is -0.497 e. The molecule has 0 amide bonds. The minimum absolute atomic E-state index is 0.0310. The van der Waals surface area contributed by atoms with Crippen molar-refractivity contribution in [3.05, 3.63) is 34.4 Å². The molecule has 0 saturated carbocycles. The summed E-state index contributed by atoms with van der Waals surface area (Å²) >= 11 is 0. The van der Waals surface area contributed by atoms with E-state index in [9.17, 15) is 10.1 Å². The number of ether oxygens (including phenoxy) is 1. The average Bonchev–Trinajstić information content (AvgIpc) is 2.54. The van der Waals surface area contributed by atoms with Crippen LogP contribution in [0.4, 0.5) is 29.0 Å². The smallest absolute Gasteiger partial charge is 0.353 e. The van der Waals surface area contributed by atoms with Crippen molar-refractivity contribution in [2.24, 2.45) is 0 Å². The van der Waals surface area contributed by atoms with Crippen LogP contribution < -0.4 is 21.1 Å². The molecule has 128 valence electrons. The van der Waals surface area contributed by atoms with E-state index in [0.29, 0.717) is 11.4 Å². The van der Waals surface area contributed by atoms with Crippen molar-refractivity contribution in [2.45, 2.75) is 26.3 Å². The Morgan fingerprint density at radius 2 is 2.00 bits per heavy atom. The van der Waals surface area contributed by atoms with E-state index in [2.05, 4.69) is 20.6 Å². The van der Waals surface area contributed by atoms with E-state index in [4.69, 9.17) is 10.5 Å². The molecule has 24 heavy (non-hydrogen) atoms. The van der Waals surface area contributed by atoms with E-state index in [1.807, 2.05) is 13.8 Å². The summed E-state index contributed by atoms with van der Waals surface area (Å²) < 4.78 is 5.08. The molecule has 0 aliphatic rings. The number of benzene rings is 1. The molecule has 0 saturated heterocycles. The van der Waals surface area contributed by atoms with Crippen LogP contribution in [0.1, 0.15) is 20.3 Å². The second kappa shape index (κ2) is 7.44. The van der Waals surface area contributed by atoms with E-state index in [-0.39, 0.29) is 29.3 Å². The number of nitrogens with two attached hydrogens (primary N) is 1. The van der Waals surface area contributed by atoms with Crippen molar-refractivity contribution >= 4 is 29.0 Å². The molecule has 4 N–H and O–H groups in total. The van der Waals surface area contributed by atoms with Crippen LogP contribution >= 0.6 is 0 Å². The molecule has 0 aliphatic carbocycles. The van der Waals surface area contributed by atoms with Crippen molar-refractivity contribution in [1.29, 1.82) is 0 Å². The Labute approximate surface area is 139 Å². The third-order valence-corrected chi connectivity index (χ3v) is 3.43. The van der Waals surface area contributed by atoms with Gasteiger partial charge in [0.1, 0.15) is 5.75 Å². The van der Waals surface area contributed by atoms with E-state index >= 15 is 0 Å². The van der Waals surface area contributed by atoms with Gasteiger partial charge in [0, 0.05) is 11.7 Å². The van der Waals surface area contributed by atoms with E-state index in [1.165, 1.54) is 0 Å². The van der Waals surface area contributed by atoms with Crippen LogP contribution in [0.5, 0.6) is 5.75 Å². The molecule has 0 bridgehead atoms. The third-order valence-electron chi connectivity index (χ3n) is 3.43. The van der Waals surface area contributed by atoms with Gasteiger partial charge in [0.05, 0.1) is 12.0 Å². The zero-order chi connectivity index (χ0) is 17.7. The van der Waals surface area contributed by atoms with E-state index in [1.54, 1.807) is 31.4 Å². The zero-order valence-corrected chi connectivity index (χ0v) is 13.7. The quantitative estimate of drug-likeness (QED) is 0.521. The molecule has 9 heteroatoms. The Hall–Kier alpha value is -3.10. The average molecular weight is 332 g/mol. The first kappa shape index (κ1) is 17.3. The third kappa shape index (κ3) is 4.00. The Morgan fingerprint density at radius 1 is 1.33 bits per heavy atom. The first-order valence-electron chi connectivity index (χ1n) is 7.44. The fourth-order valence-corrected chi connectivity index (χ4v) is 1.94. The first-order valence-corrected chi connectivity index (χ1v) is 7.44. The van der Waals surface area contributed by atoms with Gasteiger partial charge in [-0.1, -0.05) is 6.92 Å². The van der Waals surface area contributed by atoms with Gasteiger partial charge in [-0.2, -0.15) is 9.97 Å². The van der Waals surface area contributed by atoms with Gasteiger partial charge in [0.25, 0.3) is 0 Å². The maximum atomic E-state index is 11.3. The lowest BCUT2D eigenvalue weighted by Gasteiger charge is -2.14. The fourth-order valence-electron chi connectivity index (χ4n) is 1.94. The highest BCUT2D eigenvalue weighted by Crippen LogP contribution is 2.31. The van der Waals surface area contributed by atoms with Crippen LogP contribution in [0, 0.1) is 10.1 Å². The molecule has 1 aromatic heterocycles. The maximum absolute atomic E-state index is 11.3. The molecule has 0 fully saturated rings. The number of methoxy groups -OCH3 is 1.